The Morgan fingerprint density at radius 2 is 2.00 bits per heavy atom. The van der Waals surface area contributed by atoms with E-state index in [0.717, 1.165) is 11.1 Å². The summed E-state index contributed by atoms with van der Waals surface area (Å²) in [5, 5.41) is 15.1. The summed E-state index contributed by atoms with van der Waals surface area (Å²) in [6.45, 7) is 4.30. The van der Waals surface area contributed by atoms with Gasteiger partial charge in [-0.15, -0.1) is 0 Å². The van der Waals surface area contributed by atoms with Crippen molar-refractivity contribution in [3.63, 3.8) is 0 Å². The average molecular weight is 482 g/mol. The number of ether oxygens (including phenoxy) is 1. The van der Waals surface area contributed by atoms with Gasteiger partial charge in [0.25, 0.3) is 5.89 Å². The zero-order valence-corrected chi connectivity index (χ0v) is 19.7. The predicted molar refractivity (Wildman–Crippen MR) is 131 cm³/mol. The van der Waals surface area contributed by atoms with E-state index in [1.54, 1.807) is 37.4 Å². The Morgan fingerprint density at radius 1 is 1.24 bits per heavy atom. The number of hydrogen-bond donors (Lipinski definition) is 3. The number of aromatic nitrogens is 4. The fraction of sp³-hybridized carbons (Fsp3) is 0.217. The number of carbonyl (C=O) groups excluding carboxylic acids is 1. The van der Waals surface area contributed by atoms with Gasteiger partial charge in [0.2, 0.25) is 11.7 Å². The van der Waals surface area contributed by atoms with Crippen molar-refractivity contribution in [1.29, 1.82) is 0 Å². The Hall–Kier alpha value is -4.05. The van der Waals surface area contributed by atoms with E-state index in [4.69, 9.17) is 26.6 Å². The van der Waals surface area contributed by atoms with Gasteiger partial charge in [0, 0.05) is 17.1 Å². The van der Waals surface area contributed by atoms with Crippen LogP contribution >= 0.6 is 11.6 Å². The third kappa shape index (κ3) is 4.81. The Morgan fingerprint density at radius 3 is 2.71 bits per heavy atom. The minimum Gasteiger partial charge on any atom is -0.495 e. The Kier molecular flexibility index (Phi) is 6.69. The van der Waals surface area contributed by atoms with Crippen molar-refractivity contribution < 1.29 is 14.1 Å². The van der Waals surface area contributed by atoms with Gasteiger partial charge in [-0.2, -0.15) is 10.1 Å². The van der Waals surface area contributed by atoms with E-state index < -0.39 is 0 Å². The maximum atomic E-state index is 12.8. The molecule has 10 nitrogen and oxygen atoms in total. The maximum absolute atomic E-state index is 12.8. The van der Waals surface area contributed by atoms with Gasteiger partial charge in [0.15, 0.2) is 5.82 Å². The molecule has 0 spiro atoms. The molecule has 0 bridgehead atoms. The number of methoxy groups -OCH3 is 1. The number of nitrogen functional groups attached to an aromatic ring is 1. The molecule has 0 aliphatic rings. The lowest BCUT2D eigenvalue weighted by molar-refractivity contribution is -0.116. The first-order chi connectivity index (χ1) is 16.4. The first-order valence-electron chi connectivity index (χ1n) is 10.5. The van der Waals surface area contributed by atoms with Crippen LogP contribution in [0.5, 0.6) is 5.75 Å². The Balaban J connectivity index is 1.61. The van der Waals surface area contributed by atoms with E-state index in [1.807, 2.05) is 26.0 Å². The van der Waals surface area contributed by atoms with Gasteiger partial charge in [-0.1, -0.05) is 22.8 Å². The average Bonchev–Trinajstić information content (AvgIpc) is 3.39. The minimum atomic E-state index is -0.319. The smallest absolute Gasteiger partial charge is 0.265 e. The molecule has 0 unspecified atom stereocenters. The number of hydrogen-bond acceptors (Lipinski definition) is 8. The third-order valence-electron chi connectivity index (χ3n) is 5.00. The Bertz CT molecular complexity index is 1310. The quantitative estimate of drug-likeness (QED) is 0.340. The predicted octanol–water partition coefficient (Wildman–Crippen LogP) is 4.22. The fourth-order valence-corrected chi connectivity index (χ4v) is 3.51. The monoisotopic (exact) mass is 481 g/mol. The molecule has 2 aromatic carbocycles. The number of nitrogens with zero attached hydrogens (tertiary/aromatic N) is 4. The zero-order valence-electron chi connectivity index (χ0n) is 18.9. The first kappa shape index (κ1) is 23.1. The summed E-state index contributed by atoms with van der Waals surface area (Å²) in [5.74, 6) is 1.46. The molecule has 0 radical (unpaired) electrons. The summed E-state index contributed by atoms with van der Waals surface area (Å²) in [5.41, 5.74) is 9.08. The molecule has 4 aromatic rings. The lowest BCUT2D eigenvalue weighted by Crippen LogP contribution is -2.21. The van der Waals surface area contributed by atoms with Crippen LogP contribution in [0.25, 0.3) is 22.8 Å². The summed E-state index contributed by atoms with van der Waals surface area (Å²) in [6, 6.07) is 12.6. The number of nitrogens with one attached hydrogen (secondary N) is 2. The van der Waals surface area contributed by atoms with E-state index in [1.165, 1.54) is 4.68 Å². The molecule has 0 saturated heterocycles. The van der Waals surface area contributed by atoms with Crippen LogP contribution in [0.4, 0.5) is 17.3 Å². The molecule has 0 fully saturated rings. The number of benzene rings is 2. The van der Waals surface area contributed by atoms with Crippen LogP contribution in [-0.4, -0.2) is 39.5 Å². The number of anilines is 3. The molecular formula is C23H24ClN7O3. The second-order valence-corrected chi connectivity index (χ2v) is 7.92. The van der Waals surface area contributed by atoms with E-state index in [0.29, 0.717) is 40.2 Å². The largest absolute Gasteiger partial charge is 0.495 e. The van der Waals surface area contributed by atoms with Crippen molar-refractivity contribution in [3.8, 4) is 28.6 Å². The second-order valence-electron chi connectivity index (χ2n) is 7.48. The van der Waals surface area contributed by atoms with Crippen molar-refractivity contribution in [2.75, 3.05) is 30.0 Å². The minimum absolute atomic E-state index is 0.125. The van der Waals surface area contributed by atoms with Crippen LogP contribution in [0.15, 0.2) is 47.0 Å². The molecule has 0 aliphatic heterocycles. The molecule has 1 amide bonds. The van der Waals surface area contributed by atoms with Gasteiger partial charge in [-0.05, 0) is 55.8 Å². The highest BCUT2D eigenvalue weighted by atomic mass is 35.5. The van der Waals surface area contributed by atoms with E-state index >= 15 is 0 Å². The summed E-state index contributed by atoms with van der Waals surface area (Å²) in [6.07, 6.45) is 0. The van der Waals surface area contributed by atoms with Crippen molar-refractivity contribution in [2.45, 2.75) is 20.4 Å². The number of halogens is 1. The molecule has 4 N–H and O–H groups in total. The first-order valence-corrected chi connectivity index (χ1v) is 10.9. The van der Waals surface area contributed by atoms with Crippen molar-refractivity contribution >= 4 is 34.8 Å². The van der Waals surface area contributed by atoms with Crippen molar-refractivity contribution in [2.24, 2.45) is 0 Å². The summed E-state index contributed by atoms with van der Waals surface area (Å²) < 4.78 is 12.2. The van der Waals surface area contributed by atoms with Gasteiger partial charge in [-0.3, -0.25) is 4.79 Å². The van der Waals surface area contributed by atoms with E-state index in [9.17, 15) is 4.79 Å². The molecule has 0 aliphatic carbocycles. The number of carbonyl (C=O) groups is 1. The molecule has 34 heavy (non-hydrogen) atoms. The molecule has 0 atom stereocenters. The molecule has 11 heteroatoms. The maximum Gasteiger partial charge on any atom is 0.265 e. The van der Waals surface area contributed by atoms with Gasteiger partial charge >= 0.3 is 0 Å². The molecule has 176 valence electrons. The normalized spacial score (nSPS) is 10.8. The van der Waals surface area contributed by atoms with Crippen molar-refractivity contribution in [1.82, 2.24) is 19.9 Å². The SMILES string of the molecule is CCNc1nn(CC(=O)Nc2cc(C)ccc2OC)c(N)c1-c1nc(-c2ccc(Cl)cc2)no1. The number of aryl methyl sites for hydroxylation is 1. The van der Waals surface area contributed by atoms with Gasteiger partial charge in [0.1, 0.15) is 23.7 Å². The van der Waals surface area contributed by atoms with Crippen LogP contribution in [0, 0.1) is 6.92 Å². The molecular weight excluding hydrogens is 458 g/mol. The number of amides is 1. The van der Waals surface area contributed by atoms with Crippen molar-refractivity contribution in [3.05, 3.63) is 53.1 Å². The number of nitrogens with two attached hydrogens (primary N) is 1. The number of rotatable bonds is 8. The van der Waals surface area contributed by atoms with Crippen LogP contribution < -0.4 is 21.1 Å². The second kappa shape index (κ2) is 9.84. The fourth-order valence-electron chi connectivity index (χ4n) is 3.38. The molecule has 0 saturated carbocycles. The van der Waals surface area contributed by atoms with Crippen LogP contribution in [0.2, 0.25) is 5.02 Å². The summed E-state index contributed by atoms with van der Waals surface area (Å²) in [7, 11) is 1.55. The van der Waals surface area contributed by atoms with Crippen LogP contribution in [-0.2, 0) is 11.3 Å². The van der Waals surface area contributed by atoms with Crippen LogP contribution in [0.3, 0.4) is 0 Å². The summed E-state index contributed by atoms with van der Waals surface area (Å²) in [4.78, 5) is 17.2. The zero-order chi connectivity index (χ0) is 24.2. The topological polar surface area (TPSA) is 133 Å². The molecule has 2 aromatic heterocycles. The Labute approximate surface area is 201 Å². The summed E-state index contributed by atoms with van der Waals surface area (Å²) >= 11 is 5.96. The van der Waals surface area contributed by atoms with Gasteiger partial charge < -0.3 is 25.6 Å². The third-order valence-corrected chi connectivity index (χ3v) is 5.25. The van der Waals surface area contributed by atoms with E-state index in [2.05, 4.69) is 25.9 Å². The highest BCUT2D eigenvalue weighted by Gasteiger charge is 2.24. The lowest BCUT2D eigenvalue weighted by atomic mass is 10.2. The highest BCUT2D eigenvalue weighted by Crippen LogP contribution is 2.34. The standard InChI is InChI=1S/C23H24ClN7O3/c1-4-26-22-19(23-28-21(30-34-23)14-6-8-15(24)9-7-14)20(25)31(29-22)12-18(32)27-16-11-13(2)5-10-17(16)33-3/h5-11H,4,12,25H2,1-3H3,(H,26,29)(H,27,32). The lowest BCUT2D eigenvalue weighted by Gasteiger charge is -2.11. The highest BCUT2D eigenvalue weighted by molar-refractivity contribution is 6.30. The van der Waals surface area contributed by atoms with Gasteiger partial charge in [0.05, 0.1) is 12.8 Å². The van der Waals surface area contributed by atoms with Gasteiger partial charge in [-0.25, -0.2) is 4.68 Å². The molecule has 2 heterocycles. The van der Waals surface area contributed by atoms with Crippen LogP contribution in [0.1, 0.15) is 12.5 Å². The molecule has 4 rings (SSSR count). The van der Waals surface area contributed by atoms with E-state index in [-0.39, 0.29) is 24.2 Å².